The number of sulfonamides is 1. The van der Waals surface area contributed by atoms with Crippen LogP contribution in [-0.2, 0) is 14.8 Å². The maximum atomic E-state index is 13.3. The summed E-state index contributed by atoms with van der Waals surface area (Å²) in [5.74, 6) is -1.02. The summed E-state index contributed by atoms with van der Waals surface area (Å²) in [6, 6.07) is 3.24. The lowest BCUT2D eigenvalue weighted by molar-refractivity contribution is -0.118. The Morgan fingerprint density at radius 3 is 2.74 bits per heavy atom. The molecule has 0 aromatic heterocycles. The SMILES string of the molecule is CS(=O)(=O)NC1CCN(c2ccc(Cl)c(F)c2)C1=O. The Labute approximate surface area is 115 Å². The maximum Gasteiger partial charge on any atom is 0.245 e. The van der Waals surface area contributed by atoms with Crippen molar-refractivity contribution in [2.24, 2.45) is 0 Å². The maximum absolute atomic E-state index is 13.3. The zero-order valence-corrected chi connectivity index (χ0v) is 11.6. The van der Waals surface area contributed by atoms with Crippen LogP contribution in [0.5, 0.6) is 0 Å². The summed E-state index contributed by atoms with van der Waals surface area (Å²) in [5, 5.41) is -0.0267. The van der Waals surface area contributed by atoms with Gasteiger partial charge in [0.25, 0.3) is 0 Å². The summed E-state index contributed by atoms with van der Waals surface area (Å²) in [5.41, 5.74) is 0.365. The number of benzene rings is 1. The van der Waals surface area contributed by atoms with Gasteiger partial charge in [-0.05, 0) is 24.6 Å². The molecule has 1 aromatic rings. The Morgan fingerprint density at radius 2 is 2.16 bits per heavy atom. The first kappa shape index (κ1) is 14.2. The molecule has 104 valence electrons. The number of hydrogen-bond donors (Lipinski definition) is 1. The minimum Gasteiger partial charge on any atom is -0.311 e. The highest BCUT2D eigenvalue weighted by atomic mass is 35.5. The predicted molar refractivity (Wildman–Crippen MR) is 70.1 cm³/mol. The summed E-state index contributed by atoms with van der Waals surface area (Å²) < 4.78 is 37.8. The molecule has 1 heterocycles. The van der Waals surface area contributed by atoms with Gasteiger partial charge in [-0.3, -0.25) is 4.79 Å². The number of carbonyl (C=O) groups is 1. The Balaban J connectivity index is 2.20. The monoisotopic (exact) mass is 306 g/mol. The standard InChI is InChI=1S/C11H12ClFN2O3S/c1-19(17,18)14-10-4-5-15(11(10)16)7-2-3-8(12)9(13)6-7/h2-3,6,10,14H,4-5H2,1H3. The van der Waals surface area contributed by atoms with E-state index in [9.17, 15) is 17.6 Å². The highest BCUT2D eigenvalue weighted by molar-refractivity contribution is 7.88. The number of nitrogens with zero attached hydrogens (tertiary/aromatic N) is 1. The third-order valence-corrected chi connectivity index (χ3v) is 3.80. The second kappa shape index (κ2) is 5.07. The molecule has 1 unspecified atom stereocenters. The van der Waals surface area contributed by atoms with Gasteiger partial charge in [0.05, 0.1) is 11.3 Å². The van der Waals surface area contributed by atoms with Crippen molar-refractivity contribution in [1.29, 1.82) is 0 Å². The summed E-state index contributed by atoms with van der Waals surface area (Å²) in [6.07, 6.45) is 1.33. The number of anilines is 1. The van der Waals surface area contributed by atoms with Gasteiger partial charge in [-0.15, -0.1) is 0 Å². The van der Waals surface area contributed by atoms with Crippen LogP contribution in [0.3, 0.4) is 0 Å². The van der Waals surface area contributed by atoms with Gasteiger partial charge in [-0.1, -0.05) is 11.6 Å². The first-order valence-electron chi connectivity index (χ1n) is 5.51. The van der Waals surface area contributed by atoms with Crippen molar-refractivity contribution in [3.8, 4) is 0 Å². The van der Waals surface area contributed by atoms with Crippen LogP contribution >= 0.6 is 11.6 Å². The van der Waals surface area contributed by atoms with Crippen LogP contribution in [-0.4, -0.2) is 33.2 Å². The molecule has 1 saturated heterocycles. The fourth-order valence-electron chi connectivity index (χ4n) is 1.96. The third kappa shape index (κ3) is 3.23. The molecule has 5 nitrogen and oxygen atoms in total. The van der Waals surface area contributed by atoms with Crippen molar-refractivity contribution >= 4 is 33.2 Å². The van der Waals surface area contributed by atoms with E-state index in [-0.39, 0.29) is 5.02 Å². The first-order valence-corrected chi connectivity index (χ1v) is 7.78. The molecule has 0 saturated carbocycles. The molecular formula is C11H12ClFN2O3S. The van der Waals surface area contributed by atoms with E-state index in [0.29, 0.717) is 18.7 Å². The molecule has 1 N–H and O–H groups in total. The van der Waals surface area contributed by atoms with Gasteiger partial charge in [-0.25, -0.2) is 17.5 Å². The van der Waals surface area contributed by atoms with Gasteiger partial charge in [0.2, 0.25) is 15.9 Å². The molecule has 1 amide bonds. The lowest BCUT2D eigenvalue weighted by Crippen LogP contribution is -2.41. The third-order valence-electron chi connectivity index (χ3n) is 2.78. The Hall–Kier alpha value is -1.18. The van der Waals surface area contributed by atoms with Gasteiger partial charge in [-0.2, -0.15) is 0 Å². The van der Waals surface area contributed by atoms with Crippen molar-refractivity contribution in [2.45, 2.75) is 12.5 Å². The summed E-state index contributed by atoms with van der Waals surface area (Å²) in [6.45, 7) is 0.326. The molecule has 1 aromatic carbocycles. The van der Waals surface area contributed by atoms with Gasteiger partial charge in [0.1, 0.15) is 11.9 Å². The van der Waals surface area contributed by atoms with E-state index >= 15 is 0 Å². The highest BCUT2D eigenvalue weighted by Crippen LogP contribution is 2.25. The summed E-state index contributed by atoms with van der Waals surface area (Å²) in [4.78, 5) is 13.4. The second-order valence-corrected chi connectivity index (χ2v) is 6.51. The number of rotatable bonds is 3. The van der Waals surface area contributed by atoms with E-state index in [1.165, 1.54) is 17.0 Å². The first-order chi connectivity index (χ1) is 8.78. The zero-order valence-electron chi connectivity index (χ0n) is 10.1. The Morgan fingerprint density at radius 1 is 1.47 bits per heavy atom. The number of halogens is 2. The van der Waals surface area contributed by atoms with Crippen LogP contribution in [0, 0.1) is 5.82 Å². The number of hydrogen-bond acceptors (Lipinski definition) is 3. The lowest BCUT2D eigenvalue weighted by atomic mass is 10.3. The van der Waals surface area contributed by atoms with Gasteiger partial charge >= 0.3 is 0 Å². The second-order valence-electron chi connectivity index (χ2n) is 4.32. The average molecular weight is 307 g/mol. The molecular weight excluding hydrogens is 295 g/mol. The van der Waals surface area contributed by atoms with Crippen LogP contribution in [0.2, 0.25) is 5.02 Å². The van der Waals surface area contributed by atoms with E-state index < -0.39 is 27.8 Å². The van der Waals surface area contributed by atoms with Crippen molar-refractivity contribution < 1.29 is 17.6 Å². The molecule has 19 heavy (non-hydrogen) atoms. The van der Waals surface area contributed by atoms with E-state index in [1.54, 1.807) is 0 Å². The quantitative estimate of drug-likeness (QED) is 0.910. The molecule has 0 radical (unpaired) electrons. The van der Waals surface area contributed by atoms with Crippen molar-refractivity contribution in [3.05, 3.63) is 29.0 Å². The molecule has 8 heteroatoms. The minimum absolute atomic E-state index is 0.0267. The summed E-state index contributed by atoms with van der Waals surface area (Å²) in [7, 11) is -3.45. The van der Waals surface area contributed by atoms with Crippen LogP contribution in [0.4, 0.5) is 10.1 Å². The normalized spacial score (nSPS) is 20.1. The molecule has 2 rings (SSSR count). The van der Waals surface area contributed by atoms with E-state index in [4.69, 9.17) is 11.6 Å². The molecule has 1 aliphatic heterocycles. The summed E-state index contributed by atoms with van der Waals surface area (Å²) >= 11 is 5.57. The van der Waals surface area contributed by atoms with E-state index in [1.807, 2.05) is 0 Å². The molecule has 1 aliphatic rings. The molecule has 0 spiro atoms. The predicted octanol–water partition coefficient (Wildman–Crippen LogP) is 1.13. The number of amides is 1. The minimum atomic E-state index is -3.45. The van der Waals surface area contributed by atoms with E-state index in [0.717, 1.165) is 12.3 Å². The average Bonchev–Trinajstić information content (AvgIpc) is 2.63. The van der Waals surface area contributed by atoms with Gasteiger partial charge < -0.3 is 4.90 Å². The fraction of sp³-hybridized carbons (Fsp3) is 0.364. The molecule has 1 atom stereocenters. The Kier molecular flexibility index (Phi) is 3.80. The number of nitrogens with one attached hydrogen (secondary N) is 1. The van der Waals surface area contributed by atoms with Crippen molar-refractivity contribution in [2.75, 3.05) is 17.7 Å². The highest BCUT2D eigenvalue weighted by Gasteiger charge is 2.34. The zero-order chi connectivity index (χ0) is 14.2. The smallest absolute Gasteiger partial charge is 0.245 e. The van der Waals surface area contributed by atoms with Crippen LogP contribution < -0.4 is 9.62 Å². The van der Waals surface area contributed by atoms with Crippen molar-refractivity contribution in [3.63, 3.8) is 0 Å². The number of carbonyl (C=O) groups excluding carboxylic acids is 1. The lowest BCUT2D eigenvalue weighted by Gasteiger charge is -2.17. The fourth-order valence-corrected chi connectivity index (χ4v) is 2.81. The topological polar surface area (TPSA) is 66.5 Å². The Bertz CT molecular complexity index is 620. The van der Waals surface area contributed by atoms with Crippen LogP contribution in [0.1, 0.15) is 6.42 Å². The molecule has 1 fully saturated rings. The van der Waals surface area contributed by atoms with Gasteiger partial charge in [0, 0.05) is 12.2 Å². The van der Waals surface area contributed by atoms with Crippen LogP contribution in [0.25, 0.3) is 0 Å². The largest absolute Gasteiger partial charge is 0.311 e. The van der Waals surface area contributed by atoms with Gasteiger partial charge in [0.15, 0.2) is 0 Å². The molecule has 0 bridgehead atoms. The van der Waals surface area contributed by atoms with Crippen LogP contribution in [0.15, 0.2) is 18.2 Å². The molecule has 0 aliphatic carbocycles. The van der Waals surface area contributed by atoms with E-state index in [2.05, 4.69) is 4.72 Å². The van der Waals surface area contributed by atoms with Crippen molar-refractivity contribution in [1.82, 2.24) is 4.72 Å².